The average molecular weight is 427 g/mol. The van der Waals surface area contributed by atoms with E-state index in [1.54, 1.807) is 38.2 Å². The van der Waals surface area contributed by atoms with E-state index in [1.807, 2.05) is 6.07 Å². The minimum atomic E-state index is -0.590. The fourth-order valence-corrected chi connectivity index (χ4v) is 3.07. The number of amides is 4. The molecule has 0 radical (unpaired) electrons. The van der Waals surface area contributed by atoms with Crippen molar-refractivity contribution in [3.05, 3.63) is 35.9 Å². The normalized spacial score (nSPS) is 12.5. The van der Waals surface area contributed by atoms with Crippen molar-refractivity contribution in [3.63, 3.8) is 0 Å². The summed E-state index contributed by atoms with van der Waals surface area (Å²) in [6.07, 6.45) is 0.480. The molecule has 1 rings (SSSR count). The molecule has 0 fully saturated rings. The van der Waals surface area contributed by atoms with Crippen LogP contribution in [0.25, 0.3) is 0 Å². The molecule has 0 aromatic heterocycles. The zero-order valence-electron chi connectivity index (χ0n) is 15.9. The molecule has 8 nitrogen and oxygen atoms in total. The van der Waals surface area contributed by atoms with Crippen molar-refractivity contribution in [3.8, 4) is 0 Å². The number of nitrogens with one attached hydrogen (secondary N) is 4. The molecule has 0 spiro atoms. The van der Waals surface area contributed by atoms with Gasteiger partial charge in [0.25, 0.3) is 5.91 Å². The Morgan fingerprint density at radius 3 is 2.36 bits per heavy atom. The molecule has 4 N–H and O–H groups in total. The number of likely N-dealkylation sites (N-methyl/N-ethyl adjacent to an activating group) is 1. The number of carbonyl (C=O) groups excluding carboxylic acids is 4. The molecule has 0 saturated carbocycles. The Labute approximate surface area is 174 Å². The van der Waals surface area contributed by atoms with Crippen LogP contribution in [0.1, 0.15) is 23.7 Å². The van der Waals surface area contributed by atoms with Crippen molar-refractivity contribution < 1.29 is 19.2 Å². The summed E-state index contributed by atoms with van der Waals surface area (Å²) >= 11 is 5.29. The van der Waals surface area contributed by atoms with Gasteiger partial charge in [-0.15, -0.1) is 11.8 Å². The molecule has 0 unspecified atom stereocenters. The molecule has 0 saturated heterocycles. The van der Waals surface area contributed by atoms with E-state index in [0.717, 1.165) is 0 Å². The quantitative estimate of drug-likeness (QED) is 0.254. The van der Waals surface area contributed by atoms with Crippen molar-refractivity contribution in [1.82, 2.24) is 21.3 Å². The lowest BCUT2D eigenvalue weighted by atomic mass is 10.2. The number of rotatable bonds is 11. The van der Waals surface area contributed by atoms with E-state index in [-0.39, 0.29) is 24.2 Å². The van der Waals surface area contributed by atoms with Gasteiger partial charge < -0.3 is 16.0 Å². The summed E-state index contributed by atoms with van der Waals surface area (Å²) in [7, 11) is 1.62. The fourth-order valence-electron chi connectivity index (χ4n) is 2.11. The smallest absolute Gasteiger partial charge is 0.251 e. The monoisotopic (exact) mass is 426 g/mol. The van der Waals surface area contributed by atoms with Crippen molar-refractivity contribution in [2.24, 2.45) is 0 Å². The fraction of sp³-hybridized carbons (Fsp3) is 0.444. The third-order valence-corrected chi connectivity index (χ3v) is 5.02. The first-order chi connectivity index (χ1) is 13.4. The van der Waals surface area contributed by atoms with Gasteiger partial charge in [0.1, 0.15) is 0 Å². The van der Waals surface area contributed by atoms with E-state index in [1.165, 1.54) is 11.8 Å². The molecule has 0 aliphatic carbocycles. The summed E-state index contributed by atoms with van der Waals surface area (Å²) in [5.41, 5.74) is 0.541. The van der Waals surface area contributed by atoms with E-state index < -0.39 is 23.1 Å². The highest BCUT2D eigenvalue weighted by Crippen LogP contribution is 2.09. The van der Waals surface area contributed by atoms with E-state index in [2.05, 4.69) is 33.9 Å². The van der Waals surface area contributed by atoms with Crippen molar-refractivity contribution >= 4 is 48.0 Å². The van der Waals surface area contributed by atoms with Gasteiger partial charge in [0.2, 0.25) is 17.7 Å². The van der Waals surface area contributed by atoms with Gasteiger partial charge >= 0.3 is 0 Å². The van der Waals surface area contributed by atoms with E-state index in [4.69, 9.17) is 0 Å². The van der Waals surface area contributed by atoms with Crippen molar-refractivity contribution in [1.29, 1.82) is 0 Å². The number of benzene rings is 1. The zero-order valence-corrected chi connectivity index (χ0v) is 17.6. The minimum Gasteiger partial charge on any atom is -0.346 e. The molecule has 154 valence electrons. The maximum atomic E-state index is 12.0. The maximum absolute atomic E-state index is 12.0. The van der Waals surface area contributed by atoms with Gasteiger partial charge in [-0.3, -0.25) is 24.5 Å². The first kappa shape index (κ1) is 24.0. The molecule has 1 aromatic carbocycles. The molecular formula is C18H26N4O4S2. The number of carbonyl (C=O) groups is 4. The summed E-state index contributed by atoms with van der Waals surface area (Å²) in [6, 6.07) is 8.24. The second-order valence-electron chi connectivity index (χ2n) is 5.81. The highest BCUT2D eigenvalue weighted by molar-refractivity contribution is 8.00. The van der Waals surface area contributed by atoms with Crippen LogP contribution in [0, 0.1) is 0 Å². The SMILES string of the molecule is CN[C@@H](CCS)C(=O)NC(=O)CNC(=O)[C@H](C)SCNC(=O)c1ccccc1. The Morgan fingerprint density at radius 1 is 1.07 bits per heavy atom. The van der Waals surface area contributed by atoms with Crippen LogP contribution in [0.4, 0.5) is 0 Å². The molecule has 28 heavy (non-hydrogen) atoms. The van der Waals surface area contributed by atoms with Crippen LogP contribution in [0.15, 0.2) is 30.3 Å². The van der Waals surface area contributed by atoms with Crippen molar-refractivity contribution in [2.45, 2.75) is 24.6 Å². The van der Waals surface area contributed by atoms with Crippen LogP contribution in [0.2, 0.25) is 0 Å². The first-order valence-electron chi connectivity index (χ1n) is 8.73. The Bertz CT molecular complexity index is 673. The number of hydrogen-bond donors (Lipinski definition) is 5. The number of imide groups is 1. The number of thiol groups is 1. The third kappa shape index (κ3) is 8.77. The summed E-state index contributed by atoms with van der Waals surface area (Å²) in [6.45, 7) is 1.37. The maximum Gasteiger partial charge on any atom is 0.251 e. The second-order valence-corrected chi connectivity index (χ2v) is 7.59. The predicted molar refractivity (Wildman–Crippen MR) is 113 cm³/mol. The van der Waals surface area contributed by atoms with Gasteiger partial charge in [-0.1, -0.05) is 18.2 Å². The summed E-state index contributed by atoms with van der Waals surface area (Å²) < 4.78 is 0. The zero-order chi connectivity index (χ0) is 20.9. The molecule has 1 aromatic rings. The van der Waals surface area contributed by atoms with Gasteiger partial charge in [0, 0.05) is 5.56 Å². The van der Waals surface area contributed by atoms with Gasteiger partial charge in [-0.2, -0.15) is 12.6 Å². The first-order valence-corrected chi connectivity index (χ1v) is 10.4. The van der Waals surface area contributed by atoms with Gasteiger partial charge in [-0.05, 0) is 38.3 Å². The van der Waals surface area contributed by atoms with Crippen LogP contribution < -0.4 is 21.3 Å². The highest BCUT2D eigenvalue weighted by atomic mass is 32.2. The largest absolute Gasteiger partial charge is 0.346 e. The van der Waals surface area contributed by atoms with Crippen LogP contribution in [0.3, 0.4) is 0 Å². The summed E-state index contributed by atoms with van der Waals surface area (Å²) in [4.78, 5) is 47.7. The third-order valence-electron chi connectivity index (χ3n) is 3.74. The lowest BCUT2D eigenvalue weighted by molar-refractivity contribution is -0.132. The van der Waals surface area contributed by atoms with Crippen molar-refractivity contribution in [2.75, 3.05) is 25.2 Å². The standard InChI is InChI=1S/C18H26N4O4S2/c1-12(28-11-21-17(25)13-6-4-3-5-7-13)16(24)20-10-15(23)22-18(26)14(19-2)8-9-27/h3-7,12,14,19,27H,8-11H2,1-2H3,(H,20,24)(H,21,25)(H,22,23,26)/t12-,14-/m0/s1. The predicted octanol–water partition coefficient (Wildman–Crippen LogP) is 0.163. The Kier molecular flexibility index (Phi) is 11.3. The Hall–Kier alpha value is -2.04. The molecule has 0 bridgehead atoms. The molecular weight excluding hydrogens is 400 g/mol. The van der Waals surface area contributed by atoms with E-state index in [0.29, 0.717) is 17.7 Å². The Morgan fingerprint density at radius 2 is 1.75 bits per heavy atom. The van der Waals surface area contributed by atoms with E-state index in [9.17, 15) is 19.2 Å². The van der Waals surface area contributed by atoms with Crippen LogP contribution in [-0.2, 0) is 14.4 Å². The van der Waals surface area contributed by atoms with E-state index >= 15 is 0 Å². The highest BCUT2D eigenvalue weighted by Gasteiger charge is 2.19. The molecule has 10 heteroatoms. The average Bonchev–Trinajstić information content (AvgIpc) is 2.70. The summed E-state index contributed by atoms with van der Waals surface area (Å²) in [5.74, 6) is -0.879. The van der Waals surface area contributed by atoms with Crippen LogP contribution in [-0.4, -0.2) is 60.1 Å². The summed E-state index contributed by atoms with van der Waals surface area (Å²) in [5, 5.41) is 9.74. The van der Waals surface area contributed by atoms with Gasteiger partial charge in [0.15, 0.2) is 0 Å². The Balaban J connectivity index is 2.29. The molecule has 0 heterocycles. The second kappa shape index (κ2) is 13.2. The molecule has 4 amide bonds. The lowest BCUT2D eigenvalue weighted by Crippen LogP contribution is -2.48. The van der Waals surface area contributed by atoms with Gasteiger partial charge in [-0.25, -0.2) is 0 Å². The van der Waals surface area contributed by atoms with Crippen LogP contribution >= 0.6 is 24.4 Å². The topological polar surface area (TPSA) is 116 Å². The van der Waals surface area contributed by atoms with Crippen LogP contribution in [0.5, 0.6) is 0 Å². The molecule has 0 aliphatic heterocycles. The minimum absolute atomic E-state index is 0.223. The van der Waals surface area contributed by atoms with Gasteiger partial charge in [0.05, 0.1) is 23.7 Å². The molecule has 0 aliphatic rings. The molecule has 2 atom stereocenters. The number of hydrogen-bond acceptors (Lipinski definition) is 7. The lowest BCUT2D eigenvalue weighted by Gasteiger charge is -2.15. The number of thioether (sulfide) groups is 1.